The first-order valence-corrected chi connectivity index (χ1v) is 4.76. The van der Waals surface area contributed by atoms with Crippen molar-refractivity contribution in [2.45, 2.75) is 12.5 Å². The van der Waals surface area contributed by atoms with Gasteiger partial charge in [0.05, 0.1) is 11.9 Å². The van der Waals surface area contributed by atoms with Gasteiger partial charge in [0.15, 0.2) is 0 Å². The largest absolute Gasteiger partial charge is 0.324 e. The van der Waals surface area contributed by atoms with E-state index in [9.17, 15) is 0 Å². The van der Waals surface area contributed by atoms with Gasteiger partial charge >= 0.3 is 0 Å². The lowest BCUT2D eigenvalue weighted by Gasteiger charge is -2.08. The topological polar surface area (TPSA) is 69.6 Å². The summed E-state index contributed by atoms with van der Waals surface area (Å²) in [4.78, 5) is 0. The molecule has 2 heterocycles. The summed E-state index contributed by atoms with van der Waals surface area (Å²) in [6.07, 6.45) is 5.96. The van der Waals surface area contributed by atoms with Crippen molar-refractivity contribution >= 4 is 0 Å². The third-order valence-electron chi connectivity index (χ3n) is 2.23. The van der Waals surface area contributed by atoms with Crippen molar-refractivity contribution in [2.75, 3.05) is 0 Å². The van der Waals surface area contributed by atoms with Gasteiger partial charge in [0, 0.05) is 31.9 Å². The SMILES string of the molecule is Cn1ccc(CC(N)c2ccnnc2)n1. The first-order chi connectivity index (χ1) is 7.25. The molecule has 0 aliphatic carbocycles. The molecule has 2 aromatic heterocycles. The highest BCUT2D eigenvalue weighted by atomic mass is 15.2. The number of nitrogens with two attached hydrogens (primary N) is 1. The van der Waals surface area contributed by atoms with Gasteiger partial charge < -0.3 is 5.73 Å². The fourth-order valence-electron chi connectivity index (χ4n) is 1.44. The Labute approximate surface area is 87.9 Å². The van der Waals surface area contributed by atoms with Gasteiger partial charge in [-0.1, -0.05) is 0 Å². The Morgan fingerprint density at radius 1 is 1.40 bits per heavy atom. The summed E-state index contributed by atoms with van der Waals surface area (Å²) in [6, 6.07) is 3.77. The first-order valence-electron chi connectivity index (χ1n) is 4.76. The number of aromatic nitrogens is 4. The molecule has 2 rings (SSSR count). The minimum absolute atomic E-state index is 0.0737. The molecule has 0 fully saturated rings. The Bertz CT molecular complexity index is 422. The molecule has 0 saturated heterocycles. The Balaban J connectivity index is 2.07. The highest BCUT2D eigenvalue weighted by molar-refractivity contribution is 5.14. The summed E-state index contributed by atoms with van der Waals surface area (Å²) in [5.41, 5.74) is 7.99. The predicted octanol–water partition coefficient (Wildman–Crippen LogP) is 0.453. The zero-order chi connectivity index (χ0) is 10.7. The van der Waals surface area contributed by atoms with E-state index < -0.39 is 0 Å². The van der Waals surface area contributed by atoms with E-state index in [0.717, 1.165) is 11.3 Å². The van der Waals surface area contributed by atoms with Gasteiger partial charge in [0.25, 0.3) is 0 Å². The fraction of sp³-hybridized carbons (Fsp3) is 0.300. The maximum atomic E-state index is 6.02. The van der Waals surface area contributed by atoms with E-state index in [-0.39, 0.29) is 6.04 Å². The maximum Gasteiger partial charge on any atom is 0.0643 e. The lowest BCUT2D eigenvalue weighted by molar-refractivity contribution is 0.670. The zero-order valence-electron chi connectivity index (χ0n) is 8.54. The molecule has 0 spiro atoms. The Morgan fingerprint density at radius 2 is 2.27 bits per heavy atom. The molecule has 78 valence electrons. The molecular weight excluding hydrogens is 190 g/mol. The van der Waals surface area contributed by atoms with E-state index in [4.69, 9.17) is 5.73 Å². The van der Waals surface area contributed by atoms with E-state index in [1.807, 2.05) is 25.4 Å². The van der Waals surface area contributed by atoms with Gasteiger partial charge in [-0.25, -0.2) is 0 Å². The normalized spacial score (nSPS) is 12.7. The van der Waals surface area contributed by atoms with Crippen LogP contribution in [0, 0.1) is 0 Å². The lowest BCUT2D eigenvalue weighted by Crippen LogP contribution is -2.14. The molecule has 2 aromatic rings. The minimum atomic E-state index is -0.0737. The number of rotatable bonds is 3. The number of aryl methyl sites for hydroxylation is 1. The zero-order valence-corrected chi connectivity index (χ0v) is 8.54. The summed E-state index contributed by atoms with van der Waals surface area (Å²) in [7, 11) is 1.89. The molecule has 5 heteroatoms. The van der Waals surface area contributed by atoms with Crippen molar-refractivity contribution in [3.63, 3.8) is 0 Å². The van der Waals surface area contributed by atoms with E-state index >= 15 is 0 Å². The average molecular weight is 203 g/mol. The third kappa shape index (κ3) is 2.38. The van der Waals surface area contributed by atoms with Crippen molar-refractivity contribution in [3.8, 4) is 0 Å². The molecule has 1 atom stereocenters. The summed E-state index contributed by atoms with van der Waals surface area (Å²) in [5.74, 6) is 0. The molecule has 0 aromatic carbocycles. The van der Waals surface area contributed by atoms with Crippen molar-refractivity contribution in [2.24, 2.45) is 12.8 Å². The Kier molecular flexibility index (Phi) is 2.73. The van der Waals surface area contributed by atoms with E-state index in [2.05, 4.69) is 15.3 Å². The van der Waals surface area contributed by atoms with Crippen LogP contribution in [0.3, 0.4) is 0 Å². The van der Waals surface area contributed by atoms with Gasteiger partial charge in [-0.05, 0) is 17.7 Å². The molecule has 1 unspecified atom stereocenters. The van der Waals surface area contributed by atoms with Gasteiger partial charge in [-0.2, -0.15) is 15.3 Å². The van der Waals surface area contributed by atoms with E-state index in [0.29, 0.717) is 6.42 Å². The van der Waals surface area contributed by atoms with Gasteiger partial charge in [-0.3, -0.25) is 4.68 Å². The van der Waals surface area contributed by atoms with Crippen LogP contribution in [-0.4, -0.2) is 20.0 Å². The van der Waals surface area contributed by atoms with Crippen molar-refractivity contribution in [3.05, 3.63) is 42.0 Å². The van der Waals surface area contributed by atoms with Gasteiger partial charge in [0.2, 0.25) is 0 Å². The highest BCUT2D eigenvalue weighted by Gasteiger charge is 2.08. The average Bonchev–Trinajstić information content (AvgIpc) is 2.65. The Morgan fingerprint density at radius 3 is 2.87 bits per heavy atom. The van der Waals surface area contributed by atoms with Crippen molar-refractivity contribution < 1.29 is 0 Å². The molecule has 2 N–H and O–H groups in total. The predicted molar refractivity (Wildman–Crippen MR) is 55.9 cm³/mol. The monoisotopic (exact) mass is 203 g/mol. The second kappa shape index (κ2) is 4.18. The van der Waals surface area contributed by atoms with E-state index in [1.54, 1.807) is 17.1 Å². The van der Waals surface area contributed by atoms with Crippen LogP contribution in [0.2, 0.25) is 0 Å². The molecule has 0 aliphatic rings. The molecular formula is C10H13N5. The second-order valence-electron chi connectivity index (χ2n) is 3.47. The summed E-state index contributed by atoms with van der Waals surface area (Å²) in [5, 5.41) is 11.8. The van der Waals surface area contributed by atoms with Gasteiger partial charge in [0.1, 0.15) is 0 Å². The summed E-state index contributed by atoms with van der Waals surface area (Å²) in [6.45, 7) is 0. The lowest BCUT2D eigenvalue weighted by atomic mass is 10.1. The first kappa shape index (κ1) is 9.79. The van der Waals surface area contributed by atoms with Crippen LogP contribution in [0.4, 0.5) is 0 Å². The summed E-state index contributed by atoms with van der Waals surface area (Å²) >= 11 is 0. The minimum Gasteiger partial charge on any atom is -0.324 e. The van der Waals surface area contributed by atoms with Crippen LogP contribution in [0.15, 0.2) is 30.7 Å². The molecule has 5 nitrogen and oxygen atoms in total. The standard InChI is InChI=1S/C10H13N5/c1-15-5-3-9(14-15)6-10(11)8-2-4-12-13-7-8/h2-5,7,10H,6,11H2,1H3. The molecule has 0 bridgehead atoms. The van der Waals surface area contributed by atoms with E-state index in [1.165, 1.54) is 0 Å². The van der Waals surface area contributed by atoms with Crippen molar-refractivity contribution in [1.82, 2.24) is 20.0 Å². The summed E-state index contributed by atoms with van der Waals surface area (Å²) < 4.78 is 1.77. The molecule has 0 saturated carbocycles. The molecule has 15 heavy (non-hydrogen) atoms. The molecule has 0 aliphatic heterocycles. The van der Waals surface area contributed by atoms with Crippen LogP contribution >= 0.6 is 0 Å². The fourth-order valence-corrected chi connectivity index (χ4v) is 1.44. The van der Waals surface area contributed by atoms with Crippen LogP contribution in [0.1, 0.15) is 17.3 Å². The number of hydrogen-bond donors (Lipinski definition) is 1. The Hall–Kier alpha value is -1.75. The molecule has 0 radical (unpaired) electrons. The van der Waals surface area contributed by atoms with Crippen LogP contribution in [0.5, 0.6) is 0 Å². The van der Waals surface area contributed by atoms with Gasteiger partial charge in [-0.15, -0.1) is 0 Å². The molecule has 0 amide bonds. The maximum absolute atomic E-state index is 6.02. The van der Waals surface area contributed by atoms with Crippen LogP contribution < -0.4 is 5.73 Å². The van der Waals surface area contributed by atoms with Crippen molar-refractivity contribution in [1.29, 1.82) is 0 Å². The number of hydrogen-bond acceptors (Lipinski definition) is 4. The van der Waals surface area contributed by atoms with Crippen LogP contribution in [0.25, 0.3) is 0 Å². The quantitative estimate of drug-likeness (QED) is 0.786. The van der Waals surface area contributed by atoms with Crippen LogP contribution in [-0.2, 0) is 13.5 Å². The highest BCUT2D eigenvalue weighted by Crippen LogP contribution is 2.12. The third-order valence-corrected chi connectivity index (χ3v) is 2.23. The number of nitrogens with zero attached hydrogens (tertiary/aromatic N) is 4. The smallest absolute Gasteiger partial charge is 0.0643 e. The second-order valence-corrected chi connectivity index (χ2v) is 3.47.